The van der Waals surface area contributed by atoms with E-state index in [0.717, 1.165) is 11.3 Å². The Hall–Kier alpha value is -0.960. The van der Waals surface area contributed by atoms with Gasteiger partial charge in [-0.2, -0.15) is 0 Å². The second-order valence-corrected chi connectivity index (χ2v) is 4.61. The lowest BCUT2D eigenvalue weighted by Gasteiger charge is -2.08. The molecule has 0 amide bonds. The number of halogens is 3. The Morgan fingerprint density at radius 1 is 1.06 bits per heavy atom. The van der Waals surface area contributed by atoms with Crippen LogP contribution in [0.5, 0.6) is 0 Å². The van der Waals surface area contributed by atoms with Crippen LogP contribution in [0.25, 0.3) is 0 Å². The van der Waals surface area contributed by atoms with Crippen molar-refractivity contribution in [1.29, 1.82) is 0 Å². The van der Waals surface area contributed by atoms with Gasteiger partial charge in [0, 0.05) is 6.54 Å². The topological polar surface area (TPSA) is 24.9 Å². The number of rotatable bonds is 3. The average Bonchev–Trinajstić information content (AvgIpc) is 2.33. The maximum atomic E-state index is 6.08. The predicted molar refractivity (Wildman–Crippen MR) is 73.0 cm³/mol. The van der Waals surface area contributed by atoms with E-state index in [1.54, 1.807) is 18.3 Å². The van der Waals surface area contributed by atoms with Crippen molar-refractivity contribution >= 4 is 40.5 Å². The Morgan fingerprint density at radius 2 is 1.88 bits per heavy atom. The van der Waals surface area contributed by atoms with Crippen molar-refractivity contribution in [3.05, 3.63) is 57.3 Å². The van der Waals surface area contributed by atoms with Crippen LogP contribution in [0.15, 0.2) is 36.5 Å². The van der Waals surface area contributed by atoms with Gasteiger partial charge in [0.15, 0.2) is 0 Å². The van der Waals surface area contributed by atoms with E-state index in [4.69, 9.17) is 34.8 Å². The molecule has 0 saturated carbocycles. The molecule has 5 heteroatoms. The van der Waals surface area contributed by atoms with E-state index in [1.807, 2.05) is 18.2 Å². The molecule has 2 aromatic rings. The summed E-state index contributed by atoms with van der Waals surface area (Å²) in [5, 5.41) is 4.79. The molecule has 1 heterocycles. The number of nitrogens with zero attached hydrogens (tertiary/aromatic N) is 1. The summed E-state index contributed by atoms with van der Waals surface area (Å²) in [5.74, 6) is 0. The summed E-state index contributed by atoms with van der Waals surface area (Å²) in [5.41, 5.74) is 1.82. The molecule has 0 radical (unpaired) electrons. The SMILES string of the molecule is Clc1ccc(NCc2cccc(Cl)c2Cl)cn1. The molecule has 1 N–H and O–H groups in total. The zero-order valence-electron chi connectivity index (χ0n) is 8.75. The summed E-state index contributed by atoms with van der Waals surface area (Å²) in [4.78, 5) is 3.98. The minimum atomic E-state index is 0.469. The predicted octanol–water partition coefficient (Wildman–Crippen LogP) is 4.65. The minimum Gasteiger partial charge on any atom is -0.380 e. The molecule has 2 rings (SSSR count). The highest BCUT2D eigenvalue weighted by Gasteiger charge is 2.03. The normalized spacial score (nSPS) is 10.3. The van der Waals surface area contributed by atoms with E-state index in [0.29, 0.717) is 21.7 Å². The van der Waals surface area contributed by atoms with Crippen LogP contribution in [0.1, 0.15) is 5.56 Å². The molecule has 0 spiro atoms. The third kappa shape index (κ3) is 3.25. The lowest BCUT2D eigenvalue weighted by molar-refractivity contribution is 1.14. The number of nitrogens with one attached hydrogen (secondary N) is 1. The van der Waals surface area contributed by atoms with Crippen LogP contribution >= 0.6 is 34.8 Å². The van der Waals surface area contributed by atoms with Gasteiger partial charge in [-0.05, 0) is 23.8 Å². The fraction of sp³-hybridized carbons (Fsp3) is 0.0833. The van der Waals surface area contributed by atoms with Gasteiger partial charge in [0.05, 0.1) is 21.9 Å². The minimum absolute atomic E-state index is 0.469. The quantitative estimate of drug-likeness (QED) is 0.831. The van der Waals surface area contributed by atoms with Crippen LogP contribution in [0.2, 0.25) is 15.2 Å². The Morgan fingerprint density at radius 3 is 2.59 bits per heavy atom. The number of hydrogen-bond acceptors (Lipinski definition) is 2. The molecule has 0 aliphatic rings. The monoisotopic (exact) mass is 286 g/mol. The smallest absolute Gasteiger partial charge is 0.129 e. The van der Waals surface area contributed by atoms with Gasteiger partial charge in [-0.3, -0.25) is 0 Å². The molecule has 1 aromatic heterocycles. The van der Waals surface area contributed by atoms with Crippen LogP contribution in [0.4, 0.5) is 5.69 Å². The molecule has 0 aliphatic heterocycles. The summed E-state index contributed by atoms with van der Waals surface area (Å²) < 4.78 is 0. The Balaban J connectivity index is 2.07. The van der Waals surface area contributed by atoms with Crippen molar-refractivity contribution in [3.8, 4) is 0 Å². The maximum Gasteiger partial charge on any atom is 0.129 e. The van der Waals surface area contributed by atoms with Crippen LogP contribution < -0.4 is 5.32 Å². The summed E-state index contributed by atoms with van der Waals surface area (Å²) in [7, 11) is 0. The lowest BCUT2D eigenvalue weighted by atomic mass is 10.2. The molecule has 2 nitrogen and oxygen atoms in total. The zero-order valence-corrected chi connectivity index (χ0v) is 11.0. The van der Waals surface area contributed by atoms with Crippen molar-refractivity contribution in [3.63, 3.8) is 0 Å². The van der Waals surface area contributed by atoms with E-state index in [9.17, 15) is 0 Å². The van der Waals surface area contributed by atoms with Crippen molar-refractivity contribution in [2.24, 2.45) is 0 Å². The van der Waals surface area contributed by atoms with Crippen molar-refractivity contribution in [1.82, 2.24) is 4.98 Å². The third-order valence-electron chi connectivity index (χ3n) is 2.24. The highest BCUT2D eigenvalue weighted by Crippen LogP contribution is 2.26. The van der Waals surface area contributed by atoms with Crippen molar-refractivity contribution in [2.45, 2.75) is 6.54 Å². The summed E-state index contributed by atoms with van der Waals surface area (Å²) >= 11 is 17.7. The van der Waals surface area contributed by atoms with Crippen LogP contribution in [-0.2, 0) is 6.54 Å². The standard InChI is InChI=1S/C12H9Cl3N2/c13-10-3-1-2-8(12(10)15)6-16-9-4-5-11(14)17-7-9/h1-5,7,16H,6H2. The molecule has 88 valence electrons. The Kier molecular flexibility index (Phi) is 4.11. The Labute approximate surface area is 115 Å². The number of pyridine rings is 1. The second kappa shape index (κ2) is 5.58. The number of aromatic nitrogens is 1. The van der Waals surface area contributed by atoms with Gasteiger partial charge in [0.2, 0.25) is 0 Å². The first-order valence-electron chi connectivity index (χ1n) is 4.95. The Bertz CT molecular complexity index is 512. The highest BCUT2D eigenvalue weighted by atomic mass is 35.5. The van der Waals surface area contributed by atoms with Gasteiger partial charge < -0.3 is 5.32 Å². The molecule has 0 aliphatic carbocycles. The zero-order chi connectivity index (χ0) is 12.3. The summed E-state index contributed by atoms with van der Waals surface area (Å²) in [6.45, 7) is 0.586. The number of benzene rings is 1. The first-order valence-corrected chi connectivity index (χ1v) is 6.08. The van der Waals surface area contributed by atoms with E-state index in [-0.39, 0.29) is 0 Å². The van der Waals surface area contributed by atoms with Gasteiger partial charge >= 0.3 is 0 Å². The number of anilines is 1. The van der Waals surface area contributed by atoms with Gasteiger partial charge in [0.1, 0.15) is 5.15 Å². The van der Waals surface area contributed by atoms with Gasteiger partial charge in [-0.15, -0.1) is 0 Å². The van der Waals surface area contributed by atoms with Crippen LogP contribution in [-0.4, -0.2) is 4.98 Å². The van der Waals surface area contributed by atoms with E-state index in [1.165, 1.54) is 0 Å². The highest BCUT2D eigenvalue weighted by molar-refractivity contribution is 6.42. The van der Waals surface area contributed by atoms with E-state index in [2.05, 4.69) is 10.3 Å². The van der Waals surface area contributed by atoms with Crippen molar-refractivity contribution in [2.75, 3.05) is 5.32 Å². The van der Waals surface area contributed by atoms with Gasteiger partial charge in [-0.1, -0.05) is 46.9 Å². The second-order valence-electron chi connectivity index (χ2n) is 3.44. The molecule has 0 atom stereocenters. The molecular weight excluding hydrogens is 279 g/mol. The van der Waals surface area contributed by atoms with Crippen molar-refractivity contribution < 1.29 is 0 Å². The lowest BCUT2D eigenvalue weighted by Crippen LogP contribution is -2.00. The fourth-order valence-electron chi connectivity index (χ4n) is 1.36. The summed E-state index contributed by atoms with van der Waals surface area (Å²) in [6.07, 6.45) is 1.67. The van der Waals surface area contributed by atoms with Crippen LogP contribution in [0, 0.1) is 0 Å². The first-order chi connectivity index (χ1) is 8.16. The average molecular weight is 288 g/mol. The maximum absolute atomic E-state index is 6.08. The molecule has 0 unspecified atom stereocenters. The molecule has 0 bridgehead atoms. The van der Waals surface area contributed by atoms with Gasteiger partial charge in [0.25, 0.3) is 0 Å². The first kappa shape index (κ1) is 12.5. The third-order valence-corrected chi connectivity index (χ3v) is 3.32. The molecule has 1 aromatic carbocycles. The molecule has 17 heavy (non-hydrogen) atoms. The molecular formula is C12H9Cl3N2. The van der Waals surface area contributed by atoms with Gasteiger partial charge in [-0.25, -0.2) is 4.98 Å². The largest absolute Gasteiger partial charge is 0.380 e. The number of hydrogen-bond donors (Lipinski definition) is 1. The van der Waals surface area contributed by atoms with E-state index < -0.39 is 0 Å². The fourth-order valence-corrected chi connectivity index (χ4v) is 1.86. The molecule has 0 saturated heterocycles. The van der Waals surface area contributed by atoms with Crippen LogP contribution in [0.3, 0.4) is 0 Å². The van der Waals surface area contributed by atoms with E-state index >= 15 is 0 Å². The summed E-state index contributed by atoms with van der Waals surface area (Å²) in [6, 6.07) is 9.13. The molecule has 0 fully saturated rings.